The lowest BCUT2D eigenvalue weighted by atomic mass is 10.1. The number of carbonyl (C=O) groups excluding carboxylic acids is 2. The maximum Gasteiger partial charge on any atom is 0.328 e. The molecular formula is C17H24N2O3. The Morgan fingerprint density at radius 1 is 1.14 bits per heavy atom. The highest BCUT2D eigenvalue weighted by Crippen LogP contribution is 2.11. The van der Waals surface area contributed by atoms with Crippen LogP contribution in [-0.2, 0) is 16.0 Å². The van der Waals surface area contributed by atoms with E-state index < -0.39 is 12.0 Å². The summed E-state index contributed by atoms with van der Waals surface area (Å²) in [6.45, 7) is 1.51. The van der Waals surface area contributed by atoms with E-state index in [-0.39, 0.29) is 6.03 Å². The molecule has 0 radical (unpaired) electrons. The van der Waals surface area contributed by atoms with Gasteiger partial charge in [-0.15, -0.1) is 0 Å². The summed E-state index contributed by atoms with van der Waals surface area (Å²) in [7, 11) is 1.35. The molecular weight excluding hydrogens is 280 g/mol. The van der Waals surface area contributed by atoms with E-state index in [2.05, 4.69) is 5.32 Å². The molecule has 1 N–H and O–H groups in total. The number of esters is 1. The van der Waals surface area contributed by atoms with Gasteiger partial charge in [0.2, 0.25) is 0 Å². The standard InChI is InChI=1S/C17H24N2O3/c1-22-16(20)15(13-14-9-5-4-6-10-14)18-17(21)19-11-7-2-3-8-12-19/h4-6,9-10,15H,2-3,7-8,11-13H2,1H3,(H,18,21). The third-order valence-corrected chi connectivity index (χ3v) is 3.96. The fourth-order valence-corrected chi connectivity index (χ4v) is 2.70. The Hall–Kier alpha value is -2.04. The van der Waals surface area contributed by atoms with E-state index in [1.807, 2.05) is 30.3 Å². The Balaban J connectivity index is 1.99. The molecule has 5 nitrogen and oxygen atoms in total. The molecule has 1 atom stereocenters. The fraction of sp³-hybridized carbons (Fsp3) is 0.529. The molecule has 1 fully saturated rings. The summed E-state index contributed by atoms with van der Waals surface area (Å²) in [6, 6.07) is 8.81. The van der Waals surface area contributed by atoms with Gasteiger partial charge in [-0.25, -0.2) is 9.59 Å². The number of carbonyl (C=O) groups is 2. The first-order valence-corrected chi connectivity index (χ1v) is 7.88. The Kier molecular flexibility index (Phi) is 6.25. The molecule has 0 saturated carbocycles. The molecule has 1 saturated heterocycles. The molecule has 0 aromatic heterocycles. The van der Waals surface area contributed by atoms with Crippen molar-refractivity contribution in [2.45, 2.75) is 38.1 Å². The summed E-state index contributed by atoms with van der Waals surface area (Å²) >= 11 is 0. The molecule has 5 heteroatoms. The minimum Gasteiger partial charge on any atom is -0.467 e. The van der Waals surface area contributed by atoms with Crippen LogP contribution in [0.2, 0.25) is 0 Å². The first kappa shape index (κ1) is 16.3. The fourth-order valence-electron chi connectivity index (χ4n) is 2.70. The van der Waals surface area contributed by atoms with Crippen molar-refractivity contribution in [3.63, 3.8) is 0 Å². The van der Waals surface area contributed by atoms with Crippen LogP contribution in [0, 0.1) is 0 Å². The first-order valence-electron chi connectivity index (χ1n) is 7.88. The van der Waals surface area contributed by atoms with Crippen LogP contribution in [0.1, 0.15) is 31.2 Å². The number of rotatable bonds is 4. The Morgan fingerprint density at radius 3 is 2.36 bits per heavy atom. The summed E-state index contributed by atoms with van der Waals surface area (Å²) in [5, 5.41) is 2.83. The van der Waals surface area contributed by atoms with Crippen molar-refractivity contribution < 1.29 is 14.3 Å². The van der Waals surface area contributed by atoms with Crippen molar-refractivity contribution in [3.05, 3.63) is 35.9 Å². The van der Waals surface area contributed by atoms with Gasteiger partial charge in [0.15, 0.2) is 0 Å². The van der Waals surface area contributed by atoms with Crippen LogP contribution in [0.3, 0.4) is 0 Å². The third-order valence-electron chi connectivity index (χ3n) is 3.96. The minimum absolute atomic E-state index is 0.173. The number of likely N-dealkylation sites (tertiary alicyclic amines) is 1. The number of hydrogen-bond donors (Lipinski definition) is 1. The molecule has 0 spiro atoms. The third kappa shape index (κ3) is 4.76. The van der Waals surface area contributed by atoms with Gasteiger partial charge >= 0.3 is 12.0 Å². The summed E-state index contributed by atoms with van der Waals surface area (Å²) in [4.78, 5) is 26.1. The highest BCUT2D eigenvalue weighted by Gasteiger charge is 2.25. The molecule has 2 rings (SSSR count). The molecule has 1 aromatic rings. The van der Waals surface area contributed by atoms with Crippen molar-refractivity contribution in [1.29, 1.82) is 0 Å². The minimum atomic E-state index is -0.650. The van der Waals surface area contributed by atoms with Crippen molar-refractivity contribution in [1.82, 2.24) is 10.2 Å². The average molecular weight is 304 g/mol. The van der Waals surface area contributed by atoms with Crippen molar-refractivity contribution in [2.75, 3.05) is 20.2 Å². The quantitative estimate of drug-likeness (QED) is 0.869. The molecule has 120 valence electrons. The van der Waals surface area contributed by atoms with Gasteiger partial charge in [0.25, 0.3) is 0 Å². The van der Waals surface area contributed by atoms with E-state index in [4.69, 9.17) is 4.74 Å². The molecule has 22 heavy (non-hydrogen) atoms. The zero-order valence-corrected chi connectivity index (χ0v) is 13.1. The molecule has 1 aliphatic rings. The number of nitrogens with one attached hydrogen (secondary N) is 1. The lowest BCUT2D eigenvalue weighted by Crippen LogP contribution is -2.49. The maximum absolute atomic E-state index is 12.4. The van der Waals surface area contributed by atoms with Gasteiger partial charge in [-0.05, 0) is 18.4 Å². The molecule has 1 unspecified atom stereocenters. The molecule has 1 aromatic carbocycles. The van der Waals surface area contributed by atoms with Crippen LogP contribution in [-0.4, -0.2) is 43.1 Å². The predicted octanol–water partition coefficient (Wildman–Crippen LogP) is 2.36. The molecule has 1 aliphatic heterocycles. The zero-order valence-electron chi connectivity index (χ0n) is 13.1. The van der Waals surface area contributed by atoms with E-state index in [1.54, 1.807) is 4.90 Å². The van der Waals surface area contributed by atoms with Gasteiger partial charge in [-0.1, -0.05) is 43.2 Å². The van der Waals surface area contributed by atoms with Crippen LogP contribution in [0.4, 0.5) is 4.79 Å². The smallest absolute Gasteiger partial charge is 0.328 e. The van der Waals surface area contributed by atoms with E-state index in [0.29, 0.717) is 6.42 Å². The van der Waals surface area contributed by atoms with Crippen molar-refractivity contribution in [2.24, 2.45) is 0 Å². The second kappa shape index (κ2) is 8.41. The highest BCUT2D eigenvalue weighted by molar-refractivity contribution is 5.83. The monoisotopic (exact) mass is 304 g/mol. The number of benzene rings is 1. The van der Waals surface area contributed by atoms with E-state index in [1.165, 1.54) is 7.11 Å². The van der Waals surface area contributed by atoms with Crippen LogP contribution in [0.25, 0.3) is 0 Å². The summed E-state index contributed by atoms with van der Waals surface area (Å²) in [6.07, 6.45) is 4.81. The number of methoxy groups -OCH3 is 1. The van der Waals surface area contributed by atoms with Gasteiger partial charge in [0, 0.05) is 19.5 Å². The van der Waals surface area contributed by atoms with Crippen LogP contribution in [0.15, 0.2) is 30.3 Å². The van der Waals surface area contributed by atoms with E-state index >= 15 is 0 Å². The van der Waals surface area contributed by atoms with Crippen molar-refractivity contribution >= 4 is 12.0 Å². The van der Waals surface area contributed by atoms with Gasteiger partial charge < -0.3 is 15.0 Å². The summed E-state index contributed by atoms with van der Waals surface area (Å²) in [5.74, 6) is -0.410. The van der Waals surface area contributed by atoms with Crippen molar-refractivity contribution in [3.8, 4) is 0 Å². The largest absolute Gasteiger partial charge is 0.467 e. The molecule has 1 heterocycles. The average Bonchev–Trinajstić information content (AvgIpc) is 2.83. The lowest BCUT2D eigenvalue weighted by molar-refractivity contribution is -0.142. The van der Waals surface area contributed by atoms with E-state index in [9.17, 15) is 9.59 Å². The Bertz CT molecular complexity index is 482. The molecule has 2 amide bonds. The Morgan fingerprint density at radius 2 is 1.77 bits per heavy atom. The number of amides is 2. The summed E-state index contributed by atoms with van der Waals surface area (Å²) in [5.41, 5.74) is 0.995. The second-order valence-electron chi connectivity index (χ2n) is 5.62. The number of hydrogen-bond acceptors (Lipinski definition) is 3. The zero-order chi connectivity index (χ0) is 15.8. The number of ether oxygens (including phenoxy) is 1. The van der Waals surface area contributed by atoms with Crippen LogP contribution < -0.4 is 5.32 Å². The number of nitrogens with zero attached hydrogens (tertiary/aromatic N) is 1. The van der Waals surface area contributed by atoms with Gasteiger partial charge in [-0.3, -0.25) is 0 Å². The number of urea groups is 1. The summed E-state index contributed by atoms with van der Waals surface area (Å²) < 4.78 is 4.83. The molecule has 0 bridgehead atoms. The van der Waals surface area contributed by atoms with Crippen LogP contribution in [0.5, 0.6) is 0 Å². The highest BCUT2D eigenvalue weighted by atomic mass is 16.5. The maximum atomic E-state index is 12.4. The normalized spacial score (nSPS) is 16.5. The van der Waals surface area contributed by atoms with E-state index in [0.717, 1.165) is 44.3 Å². The predicted molar refractivity (Wildman–Crippen MR) is 84.5 cm³/mol. The van der Waals surface area contributed by atoms with Gasteiger partial charge in [0.1, 0.15) is 6.04 Å². The van der Waals surface area contributed by atoms with Gasteiger partial charge in [0.05, 0.1) is 7.11 Å². The lowest BCUT2D eigenvalue weighted by Gasteiger charge is -2.24. The first-order chi connectivity index (χ1) is 10.7. The van der Waals surface area contributed by atoms with Gasteiger partial charge in [-0.2, -0.15) is 0 Å². The second-order valence-corrected chi connectivity index (χ2v) is 5.62. The Labute approximate surface area is 131 Å². The SMILES string of the molecule is COC(=O)C(Cc1ccccc1)NC(=O)N1CCCCCC1. The van der Waals surface area contributed by atoms with Crippen LogP contribution >= 0.6 is 0 Å². The molecule has 0 aliphatic carbocycles. The topological polar surface area (TPSA) is 58.6 Å².